The number of nitrogens with zero attached hydrogens (tertiary/aromatic N) is 2. The average Bonchev–Trinajstić information content (AvgIpc) is 2.78. The van der Waals surface area contributed by atoms with Crippen LogP contribution in [0.25, 0.3) is 0 Å². The van der Waals surface area contributed by atoms with E-state index in [1.807, 2.05) is 6.20 Å². The fraction of sp³-hybridized carbons (Fsp3) is 0.750. The Morgan fingerprint density at radius 1 is 1.24 bits per heavy atom. The summed E-state index contributed by atoms with van der Waals surface area (Å²) in [4.78, 5) is 4.44. The van der Waals surface area contributed by atoms with Crippen molar-refractivity contribution < 1.29 is 9.31 Å². The maximum atomic E-state index is 6.05. The number of imidazole rings is 1. The molecule has 0 unspecified atom stereocenters. The fourth-order valence-corrected chi connectivity index (χ4v) is 2.43. The van der Waals surface area contributed by atoms with Crippen molar-refractivity contribution >= 4 is 12.7 Å². The van der Waals surface area contributed by atoms with Gasteiger partial charge in [0.05, 0.1) is 16.8 Å². The highest BCUT2D eigenvalue weighted by atomic mass is 16.7. The minimum absolute atomic E-state index is 0.277. The Morgan fingerprint density at radius 3 is 2.53 bits per heavy atom. The molecular formula is C12H19BN2O2. The molecule has 0 aromatic carbocycles. The molecule has 3 rings (SSSR count). The van der Waals surface area contributed by atoms with Gasteiger partial charge in [-0.3, -0.25) is 0 Å². The van der Waals surface area contributed by atoms with Crippen LogP contribution in [-0.4, -0.2) is 27.9 Å². The molecule has 0 spiro atoms. The molecule has 4 nitrogen and oxygen atoms in total. The van der Waals surface area contributed by atoms with E-state index in [4.69, 9.17) is 9.31 Å². The van der Waals surface area contributed by atoms with Gasteiger partial charge in [0, 0.05) is 19.2 Å². The second-order valence-electron chi connectivity index (χ2n) is 5.94. The van der Waals surface area contributed by atoms with Gasteiger partial charge < -0.3 is 13.9 Å². The quantitative estimate of drug-likeness (QED) is 0.683. The summed E-state index contributed by atoms with van der Waals surface area (Å²) in [7, 11) is -0.278. The van der Waals surface area contributed by atoms with E-state index in [0.717, 1.165) is 24.4 Å². The molecule has 3 heterocycles. The molecule has 17 heavy (non-hydrogen) atoms. The van der Waals surface area contributed by atoms with Crippen LogP contribution in [0, 0.1) is 0 Å². The van der Waals surface area contributed by atoms with Gasteiger partial charge >= 0.3 is 7.12 Å². The van der Waals surface area contributed by atoms with Gasteiger partial charge in [-0.15, -0.1) is 0 Å². The van der Waals surface area contributed by atoms with E-state index < -0.39 is 0 Å². The molecule has 0 amide bonds. The molecule has 1 saturated heterocycles. The number of rotatable bonds is 1. The number of fused-ring (bicyclic) bond motifs is 1. The average molecular weight is 234 g/mol. The van der Waals surface area contributed by atoms with Crippen LogP contribution in [0.3, 0.4) is 0 Å². The van der Waals surface area contributed by atoms with E-state index in [1.54, 1.807) is 0 Å². The molecule has 92 valence electrons. The lowest BCUT2D eigenvalue weighted by Gasteiger charge is -2.32. The van der Waals surface area contributed by atoms with E-state index in [1.165, 1.54) is 6.42 Å². The van der Waals surface area contributed by atoms with Crippen LogP contribution in [0.2, 0.25) is 0 Å². The minimum atomic E-state index is -0.278. The zero-order valence-electron chi connectivity index (χ0n) is 11.0. The zero-order chi connectivity index (χ0) is 12.3. The third kappa shape index (κ3) is 1.56. The Kier molecular flexibility index (Phi) is 2.23. The molecule has 1 aromatic rings. The van der Waals surface area contributed by atoms with Gasteiger partial charge in [-0.2, -0.15) is 0 Å². The topological polar surface area (TPSA) is 36.3 Å². The van der Waals surface area contributed by atoms with Gasteiger partial charge in [-0.05, 0) is 34.1 Å². The van der Waals surface area contributed by atoms with Crippen molar-refractivity contribution in [3.63, 3.8) is 0 Å². The molecule has 2 aliphatic heterocycles. The van der Waals surface area contributed by atoms with Gasteiger partial charge in [0.15, 0.2) is 0 Å². The predicted octanol–water partition coefficient (Wildman–Crippen LogP) is 1.13. The second kappa shape index (κ2) is 3.36. The number of hydrogen-bond donors (Lipinski definition) is 0. The van der Waals surface area contributed by atoms with Crippen LogP contribution in [0.4, 0.5) is 0 Å². The van der Waals surface area contributed by atoms with Gasteiger partial charge in [0.25, 0.3) is 0 Å². The lowest BCUT2D eigenvalue weighted by atomic mass is 9.85. The Bertz CT molecular complexity index is 437. The summed E-state index contributed by atoms with van der Waals surface area (Å²) < 4.78 is 14.3. The van der Waals surface area contributed by atoms with Gasteiger partial charge in [-0.25, -0.2) is 4.98 Å². The maximum absolute atomic E-state index is 6.05. The molecule has 0 bridgehead atoms. The van der Waals surface area contributed by atoms with E-state index in [2.05, 4.69) is 37.2 Å². The van der Waals surface area contributed by atoms with Crippen LogP contribution in [0.1, 0.15) is 39.9 Å². The van der Waals surface area contributed by atoms with Crippen molar-refractivity contribution in [2.75, 3.05) is 0 Å². The number of aromatic nitrogens is 2. The van der Waals surface area contributed by atoms with E-state index in [-0.39, 0.29) is 18.3 Å². The van der Waals surface area contributed by atoms with Crippen molar-refractivity contribution in [3.05, 3.63) is 12.0 Å². The molecule has 1 aromatic heterocycles. The van der Waals surface area contributed by atoms with Gasteiger partial charge in [0.2, 0.25) is 0 Å². The molecule has 0 atom stereocenters. The largest absolute Gasteiger partial charge is 0.514 e. The lowest BCUT2D eigenvalue weighted by molar-refractivity contribution is 0.00578. The number of hydrogen-bond acceptors (Lipinski definition) is 3. The minimum Gasteiger partial charge on any atom is -0.398 e. The standard InChI is InChI=1S/C12H19BN2O2/c1-11(2)12(3,4)17-13(16-11)9-8-14-10-6-5-7-15(9)10/h8H,5-7H2,1-4H3. The Morgan fingerprint density at radius 2 is 1.88 bits per heavy atom. The van der Waals surface area contributed by atoms with Crippen molar-refractivity contribution in [2.45, 2.75) is 58.3 Å². The Labute approximate surface area is 102 Å². The summed E-state index contributed by atoms with van der Waals surface area (Å²) in [6.07, 6.45) is 4.14. The van der Waals surface area contributed by atoms with Crippen molar-refractivity contribution in [3.8, 4) is 0 Å². The SMILES string of the molecule is CC1(C)OB(c2cnc3n2CCC3)OC1(C)C. The second-order valence-corrected chi connectivity index (χ2v) is 5.94. The third-order valence-corrected chi connectivity index (χ3v) is 4.25. The van der Waals surface area contributed by atoms with E-state index in [9.17, 15) is 0 Å². The number of aryl methyl sites for hydroxylation is 1. The normalized spacial score (nSPS) is 25.3. The molecule has 0 N–H and O–H groups in total. The molecular weight excluding hydrogens is 215 g/mol. The van der Waals surface area contributed by atoms with Crippen LogP contribution in [-0.2, 0) is 22.3 Å². The summed E-state index contributed by atoms with van der Waals surface area (Å²) in [5.41, 5.74) is 0.512. The van der Waals surface area contributed by atoms with Crippen molar-refractivity contribution in [1.82, 2.24) is 9.55 Å². The van der Waals surface area contributed by atoms with Gasteiger partial charge in [0.1, 0.15) is 5.82 Å². The first-order valence-corrected chi connectivity index (χ1v) is 6.31. The van der Waals surface area contributed by atoms with E-state index in [0.29, 0.717) is 0 Å². The van der Waals surface area contributed by atoms with Crippen molar-refractivity contribution in [1.29, 1.82) is 0 Å². The highest BCUT2D eigenvalue weighted by molar-refractivity contribution is 6.61. The summed E-state index contributed by atoms with van der Waals surface area (Å²) in [5.74, 6) is 1.16. The molecule has 0 saturated carbocycles. The predicted molar refractivity (Wildman–Crippen MR) is 66.3 cm³/mol. The van der Waals surface area contributed by atoms with Crippen molar-refractivity contribution in [2.24, 2.45) is 0 Å². The Hall–Kier alpha value is -0.805. The van der Waals surface area contributed by atoms with Crippen LogP contribution in [0.5, 0.6) is 0 Å². The maximum Gasteiger partial charge on any atom is 0.514 e. The molecule has 2 aliphatic rings. The Balaban J connectivity index is 1.92. The highest BCUT2D eigenvalue weighted by Crippen LogP contribution is 2.36. The molecule has 0 aliphatic carbocycles. The van der Waals surface area contributed by atoms with E-state index >= 15 is 0 Å². The summed E-state index contributed by atoms with van der Waals surface area (Å²) in [5, 5.41) is 0. The first-order chi connectivity index (χ1) is 7.91. The lowest BCUT2D eigenvalue weighted by Crippen LogP contribution is -2.41. The van der Waals surface area contributed by atoms with Crippen LogP contribution >= 0.6 is 0 Å². The van der Waals surface area contributed by atoms with Gasteiger partial charge in [-0.1, -0.05) is 0 Å². The highest BCUT2D eigenvalue weighted by Gasteiger charge is 2.53. The summed E-state index contributed by atoms with van der Waals surface area (Å²) in [6, 6.07) is 0. The third-order valence-electron chi connectivity index (χ3n) is 4.25. The molecule has 1 fully saturated rings. The van der Waals surface area contributed by atoms with Crippen LogP contribution < -0.4 is 5.59 Å². The molecule has 0 radical (unpaired) electrons. The molecule has 5 heteroatoms. The van der Waals surface area contributed by atoms with Crippen LogP contribution in [0.15, 0.2) is 6.20 Å². The smallest absolute Gasteiger partial charge is 0.398 e. The summed E-state index contributed by atoms with van der Waals surface area (Å²) in [6.45, 7) is 9.35. The summed E-state index contributed by atoms with van der Waals surface area (Å²) >= 11 is 0. The fourth-order valence-electron chi connectivity index (χ4n) is 2.43. The first kappa shape index (κ1) is 11.3. The zero-order valence-corrected chi connectivity index (χ0v) is 11.0. The first-order valence-electron chi connectivity index (χ1n) is 6.31. The monoisotopic (exact) mass is 234 g/mol.